The number of halogens is 3. The normalized spacial score (nSPS) is 11.3. The molecule has 0 radical (unpaired) electrons. The van der Waals surface area contributed by atoms with Crippen LogP contribution in [0.3, 0.4) is 0 Å². The number of alkyl halides is 3. The Morgan fingerprint density at radius 2 is 1.93 bits per heavy atom. The van der Waals surface area contributed by atoms with Crippen LogP contribution in [0.15, 0.2) is 41.8 Å². The Balaban J connectivity index is 1.82. The first-order valence-corrected chi connectivity index (χ1v) is 8.73. The number of imide groups is 1. The van der Waals surface area contributed by atoms with Crippen molar-refractivity contribution in [2.75, 3.05) is 13.6 Å². The van der Waals surface area contributed by atoms with Crippen LogP contribution >= 0.6 is 11.3 Å². The lowest BCUT2D eigenvalue weighted by atomic mass is 10.2. The topological polar surface area (TPSA) is 70.7 Å². The van der Waals surface area contributed by atoms with E-state index in [1.165, 1.54) is 34.4 Å². The summed E-state index contributed by atoms with van der Waals surface area (Å²) in [6, 6.07) is 8.74. The highest BCUT2D eigenvalue weighted by Gasteiger charge is 2.32. The Hall–Kier alpha value is -2.59. The van der Waals surface area contributed by atoms with Gasteiger partial charge in [-0.05, 0) is 24.6 Å². The fourth-order valence-corrected chi connectivity index (χ4v) is 2.89. The molecule has 0 aliphatic heterocycles. The molecule has 1 aromatic heterocycles. The van der Waals surface area contributed by atoms with Gasteiger partial charge in [-0.25, -0.2) is 4.79 Å². The first-order chi connectivity index (χ1) is 12.7. The molecular formula is C17H18F3N3O3S. The van der Waals surface area contributed by atoms with Crippen molar-refractivity contribution < 1.29 is 27.5 Å². The molecule has 0 fully saturated rings. The van der Waals surface area contributed by atoms with Crippen molar-refractivity contribution in [2.24, 2.45) is 0 Å². The van der Waals surface area contributed by atoms with Gasteiger partial charge in [-0.3, -0.25) is 15.0 Å². The fourth-order valence-electron chi connectivity index (χ4n) is 2.24. The van der Waals surface area contributed by atoms with Crippen molar-refractivity contribution in [1.82, 2.24) is 15.5 Å². The van der Waals surface area contributed by atoms with Crippen molar-refractivity contribution in [3.8, 4) is 5.75 Å². The monoisotopic (exact) mass is 401 g/mol. The quantitative estimate of drug-likeness (QED) is 0.748. The minimum atomic E-state index is -4.80. The van der Waals surface area contributed by atoms with Gasteiger partial charge < -0.3 is 10.1 Å². The van der Waals surface area contributed by atoms with Crippen molar-refractivity contribution in [2.45, 2.75) is 19.5 Å². The number of carbonyl (C=O) groups is 2. The Labute approximate surface area is 157 Å². The molecule has 1 heterocycles. The summed E-state index contributed by atoms with van der Waals surface area (Å²) in [5.74, 6) is -0.902. The summed E-state index contributed by atoms with van der Waals surface area (Å²) < 4.78 is 41.3. The van der Waals surface area contributed by atoms with Gasteiger partial charge in [0.1, 0.15) is 5.75 Å². The van der Waals surface area contributed by atoms with E-state index in [4.69, 9.17) is 0 Å². The number of nitrogens with one attached hydrogen (secondary N) is 2. The van der Waals surface area contributed by atoms with Crippen molar-refractivity contribution in [3.05, 3.63) is 52.2 Å². The fraction of sp³-hybridized carbons (Fsp3) is 0.294. The summed E-state index contributed by atoms with van der Waals surface area (Å²) in [5.41, 5.74) is 0.271. The number of ether oxygens (including phenoxy) is 1. The molecule has 0 unspecified atom stereocenters. The number of rotatable bonds is 7. The molecule has 0 saturated heterocycles. The average molecular weight is 401 g/mol. The number of likely N-dealkylation sites (N-methyl/N-ethyl adjacent to an activating group) is 1. The van der Waals surface area contributed by atoms with E-state index in [0.717, 1.165) is 4.88 Å². The number of urea groups is 1. The van der Waals surface area contributed by atoms with Crippen LogP contribution in [-0.4, -0.2) is 36.8 Å². The highest BCUT2D eigenvalue weighted by molar-refractivity contribution is 7.09. The number of hydrogen-bond donors (Lipinski definition) is 2. The van der Waals surface area contributed by atoms with Crippen LogP contribution < -0.4 is 15.4 Å². The number of nitrogens with zero attached hydrogens (tertiary/aromatic N) is 1. The predicted octanol–water partition coefficient (Wildman–Crippen LogP) is 3.10. The maximum Gasteiger partial charge on any atom is 0.573 e. The van der Waals surface area contributed by atoms with Crippen LogP contribution in [0, 0.1) is 0 Å². The third-order valence-electron chi connectivity index (χ3n) is 3.31. The molecule has 0 saturated carbocycles. The highest BCUT2D eigenvalue weighted by Crippen LogP contribution is 2.26. The van der Waals surface area contributed by atoms with E-state index in [1.54, 1.807) is 13.1 Å². The number of hydrogen-bond acceptors (Lipinski definition) is 5. The first-order valence-electron chi connectivity index (χ1n) is 7.85. The number of carbonyl (C=O) groups excluding carboxylic acids is 2. The van der Waals surface area contributed by atoms with Gasteiger partial charge in [-0.2, -0.15) is 0 Å². The van der Waals surface area contributed by atoms with E-state index in [1.807, 2.05) is 17.5 Å². The van der Waals surface area contributed by atoms with E-state index in [2.05, 4.69) is 15.4 Å². The standard InChI is InChI=1S/C17H18F3N3O3S/c1-23(10-12-5-2-3-7-14(12)26-17(18,19)20)11-15(24)22-16(25)21-9-13-6-4-8-27-13/h2-8H,9-11H2,1H3,(H2,21,22,24,25). The second-order valence-corrected chi connectivity index (χ2v) is 6.67. The summed E-state index contributed by atoms with van der Waals surface area (Å²) in [6.07, 6.45) is -4.80. The lowest BCUT2D eigenvalue weighted by molar-refractivity contribution is -0.275. The summed E-state index contributed by atoms with van der Waals surface area (Å²) in [7, 11) is 1.55. The lowest BCUT2D eigenvalue weighted by Gasteiger charge is -2.19. The SMILES string of the molecule is CN(CC(=O)NC(=O)NCc1cccs1)Cc1ccccc1OC(F)(F)F. The molecule has 0 aliphatic carbocycles. The molecule has 0 aliphatic rings. The summed E-state index contributed by atoms with van der Waals surface area (Å²) in [5, 5.41) is 6.59. The minimum Gasteiger partial charge on any atom is -0.405 e. The molecule has 0 bridgehead atoms. The van der Waals surface area contributed by atoms with E-state index in [0.29, 0.717) is 6.54 Å². The Bertz CT molecular complexity index is 766. The number of thiophene rings is 1. The number of amides is 3. The summed E-state index contributed by atoms with van der Waals surface area (Å²) >= 11 is 1.47. The maximum absolute atomic E-state index is 12.4. The Morgan fingerprint density at radius 3 is 2.59 bits per heavy atom. The number of benzene rings is 1. The predicted molar refractivity (Wildman–Crippen MR) is 94.2 cm³/mol. The number of para-hydroxylation sites is 1. The Morgan fingerprint density at radius 1 is 1.19 bits per heavy atom. The van der Waals surface area contributed by atoms with Crippen LogP contribution in [0.4, 0.5) is 18.0 Å². The van der Waals surface area contributed by atoms with Crippen molar-refractivity contribution in [1.29, 1.82) is 0 Å². The third-order valence-corrected chi connectivity index (χ3v) is 4.18. The maximum atomic E-state index is 12.4. The first kappa shape index (κ1) is 20.7. The highest BCUT2D eigenvalue weighted by atomic mass is 32.1. The molecule has 0 atom stereocenters. The van der Waals surface area contributed by atoms with Gasteiger partial charge in [0.2, 0.25) is 5.91 Å². The molecule has 2 aromatic rings. The molecule has 3 amide bonds. The smallest absolute Gasteiger partial charge is 0.405 e. The largest absolute Gasteiger partial charge is 0.573 e. The van der Waals surface area contributed by atoms with E-state index >= 15 is 0 Å². The van der Waals surface area contributed by atoms with Gasteiger partial charge in [0.25, 0.3) is 0 Å². The molecule has 2 rings (SSSR count). The van der Waals surface area contributed by atoms with E-state index in [9.17, 15) is 22.8 Å². The molecular weight excluding hydrogens is 383 g/mol. The van der Waals surface area contributed by atoms with Crippen molar-refractivity contribution >= 4 is 23.3 Å². The molecule has 0 spiro atoms. The summed E-state index contributed by atoms with van der Waals surface area (Å²) in [6.45, 7) is 0.165. The van der Waals surface area contributed by atoms with Gasteiger partial charge in [0.05, 0.1) is 13.1 Å². The van der Waals surface area contributed by atoms with E-state index in [-0.39, 0.29) is 24.4 Å². The van der Waals surface area contributed by atoms with Gasteiger partial charge in [0.15, 0.2) is 0 Å². The van der Waals surface area contributed by atoms with Crippen LogP contribution in [0.5, 0.6) is 5.75 Å². The second-order valence-electron chi connectivity index (χ2n) is 5.64. The van der Waals surface area contributed by atoms with Crippen LogP contribution in [0.1, 0.15) is 10.4 Å². The van der Waals surface area contributed by atoms with Gasteiger partial charge in [0, 0.05) is 17.0 Å². The third kappa shape index (κ3) is 7.67. The minimum absolute atomic E-state index is 0.0382. The zero-order chi connectivity index (χ0) is 19.9. The molecule has 27 heavy (non-hydrogen) atoms. The molecule has 10 heteroatoms. The molecule has 1 aromatic carbocycles. The summed E-state index contributed by atoms with van der Waals surface area (Å²) in [4.78, 5) is 26.0. The van der Waals surface area contributed by atoms with Gasteiger partial charge in [-0.15, -0.1) is 24.5 Å². The second kappa shape index (κ2) is 9.38. The lowest BCUT2D eigenvalue weighted by Crippen LogP contribution is -2.43. The van der Waals surface area contributed by atoms with Gasteiger partial charge >= 0.3 is 12.4 Å². The van der Waals surface area contributed by atoms with Crippen molar-refractivity contribution in [3.63, 3.8) is 0 Å². The molecule has 6 nitrogen and oxygen atoms in total. The van der Waals surface area contributed by atoms with Gasteiger partial charge in [-0.1, -0.05) is 24.3 Å². The zero-order valence-corrected chi connectivity index (χ0v) is 15.2. The Kier molecular flexibility index (Phi) is 7.19. The van der Waals surface area contributed by atoms with Crippen LogP contribution in [-0.2, 0) is 17.9 Å². The average Bonchev–Trinajstić information content (AvgIpc) is 3.06. The van der Waals surface area contributed by atoms with Crippen LogP contribution in [0.25, 0.3) is 0 Å². The molecule has 2 N–H and O–H groups in total. The van der Waals surface area contributed by atoms with E-state index < -0.39 is 18.3 Å². The van der Waals surface area contributed by atoms with Crippen LogP contribution in [0.2, 0.25) is 0 Å². The zero-order valence-electron chi connectivity index (χ0n) is 14.4. The molecule has 146 valence electrons.